The summed E-state index contributed by atoms with van der Waals surface area (Å²) in [5.41, 5.74) is 6.10. The van der Waals surface area contributed by atoms with Crippen LogP contribution in [0.3, 0.4) is 0 Å². The van der Waals surface area contributed by atoms with Crippen LogP contribution in [-0.2, 0) is 19.2 Å². The number of thioether (sulfide) groups is 2. The van der Waals surface area contributed by atoms with Gasteiger partial charge in [0.2, 0.25) is 5.96 Å². The van der Waals surface area contributed by atoms with E-state index in [0.29, 0.717) is 29.6 Å². The van der Waals surface area contributed by atoms with Crippen LogP contribution in [0.25, 0.3) is 0 Å². The minimum atomic E-state index is -1.44. The monoisotopic (exact) mass is 584 g/mol. The van der Waals surface area contributed by atoms with Gasteiger partial charge in [-0.3, -0.25) is 14.5 Å². The number of guanidine groups is 1. The van der Waals surface area contributed by atoms with E-state index in [9.17, 15) is 19.5 Å². The molecule has 0 aliphatic carbocycles. The van der Waals surface area contributed by atoms with Gasteiger partial charge in [-0.2, -0.15) is 0 Å². The number of carbonyl (C=O) groups is 3. The first-order valence-electron chi connectivity index (χ1n) is 10.9. The van der Waals surface area contributed by atoms with Crippen LogP contribution < -0.4 is 45.7 Å². The Hall–Kier alpha value is -2.37. The summed E-state index contributed by atoms with van der Waals surface area (Å²) in [6.45, 7) is 2.58. The maximum Gasteiger partial charge on any atom is 1.00 e. The van der Waals surface area contributed by atoms with Crippen molar-refractivity contribution in [2.45, 2.75) is 23.2 Å². The molecule has 1 unspecified atom stereocenters. The van der Waals surface area contributed by atoms with Crippen LogP contribution in [0.1, 0.15) is 12.6 Å². The molecule has 0 bridgehead atoms. The first kappa shape index (κ1) is 28.6. The summed E-state index contributed by atoms with van der Waals surface area (Å²) in [5.74, 6) is -1.41. The number of carboxylic acids is 1. The summed E-state index contributed by atoms with van der Waals surface area (Å²) in [6.07, 6.45) is 5.62. The Morgan fingerprint density at radius 2 is 2.24 bits per heavy atom. The van der Waals surface area contributed by atoms with Gasteiger partial charge in [0.25, 0.3) is 11.8 Å². The molecule has 1 fully saturated rings. The van der Waals surface area contributed by atoms with Gasteiger partial charge in [0.05, 0.1) is 18.2 Å². The SMILES string of the molecule is CO/N=C(\C(=O)N[C@@H]1C(=O)N2C(C(=O)[O-])=C(CSC3(C)C=CN4CC=NC4=N3)CS[C@H]12)c1csc(N)n1.[Na+]. The molecule has 0 saturated carbocycles. The van der Waals surface area contributed by atoms with Gasteiger partial charge in [-0.05, 0) is 18.6 Å². The van der Waals surface area contributed by atoms with Crippen LogP contribution in [0.15, 0.2) is 44.1 Å². The molecule has 0 aromatic carbocycles. The zero-order valence-corrected chi connectivity index (χ0v) is 25.1. The summed E-state index contributed by atoms with van der Waals surface area (Å²) in [5, 5.41) is 19.6. The van der Waals surface area contributed by atoms with Gasteiger partial charge in [0, 0.05) is 29.3 Å². The fourth-order valence-electron chi connectivity index (χ4n) is 4.05. The number of nitrogens with two attached hydrogens (primary N) is 1. The maximum absolute atomic E-state index is 13.0. The third-order valence-corrected chi connectivity index (χ3v) is 9.17. The van der Waals surface area contributed by atoms with E-state index in [2.05, 4.69) is 25.4 Å². The van der Waals surface area contributed by atoms with Gasteiger partial charge in [-0.1, -0.05) is 5.16 Å². The third-order valence-electron chi connectivity index (χ3n) is 5.86. The van der Waals surface area contributed by atoms with Crippen molar-refractivity contribution in [2.75, 3.05) is 30.9 Å². The normalized spacial score (nSPS) is 25.8. The molecule has 38 heavy (non-hydrogen) atoms. The number of nitrogens with one attached hydrogen (secondary N) is 1. The Bertz CT molecular complexity index is 1330. The molecule has 3 atom stereocenters. The molecule has 1 aromatic rings. The van der Waals surface area contributed by atoms with Crippen LogP contribution in [0.5, 0.6) is 0 Å². The van der Waals surface area contributed by atoms with Crippen molar-refractivity contribution in [3.8, 4) is 0 Å². The quantitative estimate of drug-likeness (QED) is 0.133. The number of fused-ring (bicyclic) bond motifs is 2. The van der Waals surface area contributed by atoms with Crippen molar-refractivity contribution in [1.82, 2.24) is 20.1 Å². The molecule has 5 rings (SSSR count). The van der Waals surface area contributed by atoms with Crippen molar-refractivity contribution >= 4 is 75.7 Å². The number of aliphatic carboxylic acids is 1. The van der Waals surface area contributed by atoms with E-state index in [1.165, 1.54) is 35.5 Å². The molecular formula is C21H21N8NaO5S3. The van der Waals surface area contributed by atoms with E-state index < -0.39 is 34.1 Å². The number of nitrogens with zero attached hydrogens (tertiary/aromatic N) is 6. The molecular weight excluding hydrogens is 563 g/mol. The Morgan fingerprint density at radius 1 is 1.45 bits per heavy atom. The number of hydrogen-bond donors (Lipinski definition) is 2. The van der Waals surface area contributed by atoms with Gasteiger partial charge in [-0.15, -0.1) is 34.9 Å². The van der Waals surface area contributed by atoms with Crippen molar-refractivity contribution < 1.29 is 53.9 Å². The van der Waals surface area contributed by atoms with E-state index in [1.54, 1.807) is 11.6 Å². The number of oxime groups is 1. The van der Waals surface area contributed by atoms with Gasteiger partial charge in [-0.25, -0.2) is 15.0 Å². The van der Waals surface area contributed by atoms with Crippen LogP contribution >= 0.6 is 34.9 Å². The number of aliphatic imine (C=N–C) groups is 2. The van der Waals surface area contributed by atoms with Crippen molar-refractivity contribution in [3.05, 3.63) is 34.6 Å². The molecule has 2 amide bonds. The number of thiazole rings is 1. The minimum absolute atomic E-state index is 0. The first-order chi connectivity index (χ1) is 17.7. The Balaban J connectivity index is 0.00000336. The molecule has 0 radical (unpaired) electrons. The molecule has 5 heterocycles. The zero-order valence-electron chi connectivity index (χ0n) is 20.6. The first-order valence-corrected chi connectivity index (χ1v) is 13.9. The smallest absolute Gasteiger partial charge is 0.543 e. The van der Waals surface area contributed by atoms with Crippen LogP contribution in [0.2, 0.25) is 0 Å². The van der Waals surface area contributed by atoms with E-state index in [4.69, 9.17) is 10.6 Å². The molecule has 3 N–H and O–H groups in total. The fraction of sp³-hybridized carbons (Fsp3) is 0.381. The summed E-state index contributed by atoms with van der Waals surface area (Å²) < 4.78 is 0. The summed E-state index contributed by atoms with van der Waals surface area (Å²) in [6, 6.07) is -0.949. The largest absolute Gasteiger partial charge is 1.00 e. The van der Waals surface area contributed by atoms with Gasteiger partial charge in [0.15, 0.2) is 10.8 Å². The average molecular weight is 585 g/mol. The number of nitrogen functional groups attached to an aromatic ring is 1. The number of rotatable bonds is 8. The number of anilines is 1. The van der Waals surface area contributed by atoms with Crippen molar-refractivity contribution in [2.24, 2.45) is 15.1 Å². The van der Waals surface area contributed by atoms with Crippen LogP contribution in [0, 0.1) is 0 Å². The van der Waals surface area contributed by atoms with Gasteiger partial charge in [0.1, 0.15) is 29.1 Å². The standard InChI is InChI=1S/C21H22N8O5S3.Na/c1-21(3-5-28-6-4-23-20(28)26-21)37-8-10-7-35-17-13(16(31)29(17)14(10)18(32)33)25-15(30)12(27-34-2)11-9-36-19(22)24-11;/h3-5,9,13,17H,6-8H2,1-2H3,(H2,22,24)(H,25,30)(H,32,33);/q;+1/p-1/b27-12-;/t13-,17-,21?;/m1./s1. The molecule has 194 valence electrons. The Kier molecular flexibility index (Phi) is 8.59. The minimum Gasteiger partial charge on any atom is -0.543 e. The molecule has 1 saturated heterocycles. The predicted octanol–water partition coefficient (Wildman–Crippen LogP) is -3.80. The van der Waals surface area contributed by atoms with Crippen molar-refractivity contribution in [1.29, 1.82) is 0 Å². The maximum atomic E-state index is 13.0. The van der Waals surface area contributed by atoms with E-state index in [0.717, 1.165) is 11.3 Å². The number of carboxylic acid groups (broad SMARTS) is 1. The predicted molar refractivity (Wildman–Crippen MR) is 140 cm³/mol. The van der Waals surface area contributed by atoms with Crippen LogP contribution in [-0.4, -0.2) is 91.9 Å². The van der Waals surface area contributed by atoms with Gasteiger partial charge >= 0.3 is 29.6 Å². The topological polar surface area (TPSA) is 178 Å². The van der Waals surface area contributed by atoms with Crippen molar-refractivity contribution in [3.63, 3.8) is 0 Å². The zero-order chi connectivity index (χ0) is 26.3. The second-order valence-electron chi connectivity index (χ2n) is 8.33. The number of hydrogen-bond acceptors (Lipinski definition) is 14. The summed E-state index contributed by atoms with van der Waals surface area (Å²) in [4.78, 5) is 58.2. The number of aromatic nitrogens is 1. The average Bonchev–Trinajstić information content (AvgIpc) is 3.51. The molecule has 4 aliphatic rings. The fourth-order valence-corrected chi connectivity index (χ4v) is 7.08. The number of amides is 2. The second-order valence-corrected chi connectivity index (χ2v) is 11.7. The summed E-state index contributed by atoms with van der Waals surface area (Å²) in [7, 11) is 1.28. The third kappa shape index (κ3) is 5.37. The van der Waals surface area contributed by atoms with Gasteiger partial charge < -0.3 is 30.7 Å². The van der Waals surface area contributed by atoms with E-state index in [1.807, 2.05) is 24.1 Å². The van der Waals surface area contributed by atoms with E-state index >= 15 is 0 Å². The number of β-lactam (4-membered cyclic amide) rings is 1. The molecule has 4 aliphatic heterocycles. The number of carbonyl (C=O) groups excluding carboxylic acids is 3. The Labute approximate surface area is 252 Å². The molecule has 0 spiro atoms. The van der Waals surface area contributed by atoms with E-state index in [-0.39, 0.29) is 51.8 Å². The van der Waals surface area contributed by atoms with Crippen LogP contribution in [0.4, 0.5) is 5.13 Å². The second kappa shape index (κ2) is 11.4. The Morgan fingerprint density at radius 3 is 2.92 bits per heavy atom. The summed E-state index contributed by atoms with van der Waals surface area (Å²) >= 11 is 3.92. The molecule has 1 aromatic heterocycles. The molecule has 13 nitrogen and oxygen atoms in total. The molecule has 17 heteroatoms.